The maximum Gasteiger partial charge on any atom is 0.330 e. The maximum absolute atomic E-state index is 12.0. The van der Waals surface area contributed by atoms with Crippen LogP contribution in [0.25, 0.3) is 0 Å². The Kier molecular flexibility index (Phi) is 4.37. The number of thiophene rings is 1. The molecule has 5 nitrogen and oxygen atoms in total. The Hall–Kier alpha value is -2.34. The normalized spacial score (nSPS) is 11.7. The molecule has 0 fully saturated rings. The third kappa shape index (κ3) is 3.16. The van der Waals surface area contributed by atoms with Gasteiger partial charge in [0.15, 0.2) is 6.04 Å². The van der Waals surface area contributed by atoms with E-state index in [1.807, 2.05) is 0 Å². The van der Waals surface area contributed by atoms with E-state index in [-0.39, 0.29) is 0 Å². The van der Waals surface area contributed by atoms with E-state index >= 15 is 0 Å². The van der Waals surface area contributed by atoms with Gasteiger partial charge in [-0.25, -0.2) is 4.79 Å². The molecule has 0 unspecified atom stereocenters. The first-order chi connectivity index (χ1) is 9.61. The van der Waals surface area contributed by atoms with Gasteiger partial charge in [-0.15, -0.1) is 11.3 Å². The van der Waals surface area contributed by atoms with Crippen LogP contribution in [0.4, 0.5) is 0 Å². The smallest absolute Gasteiger partial charge is 0.330 e. The van der Waals surface area contributed by atoms with Crippen molar-refractivity contribution in [2.75, 3.05) is 7.11 Å². The second-order valence-electron chi connectivity index (χ2n) is 4.01. The van der Waals surface area contributed by atoms with Gasteiger partial charge in [0, 0.05) is 11.4 Å². The number of carboxylic acids is 1. The monoisotopic (exact) mass is 291 g/mol. The van der Waals surface area contributed by atoms with Gasteiger partial charge in [-0.1, -0.05) is 30.3 Å². The van der Waals surface area contributed by atoms with Crippen molar-refractivity contribution >= 4 is 23.2 Å². The van der Waals surface area contributed by atoms with Gasteiger partial charge in [0.25, 0.3) is 5.91 Å². The van der Waals surface area contributed by atoms with Gasteiger partial charge < -0.3 is 15.2 Å². The minimum atomic E-state index is -1.10. The van der Waals surface area contributed by atoms with Crippen LogP contribution in [0, 0.1) is 0 Å². The molecule has 0 spiro atoms. The van der Waals surface area contributed by atoms with Crippen molar-refractivity contribution in [2.24, 2.45) is 0 Å². The summed E-state index contributed by atoms with van der Waals surface area (Å²) >= 11 is 1.20. The minimum absolute atomic E-state index is 0.407. The summed E-state index contributed by atoms with van der Waals surface area (Å²) in [4.78, 5) is 23.7. The van der Waals surface area contributed by atoms with E-state index in [4.69, 9.17) is 4.74 Å². The van der Waals surface area contributed by atoms with Gasteiger partial charge in [-0.3, -0.25) is 4.79 Å². The van der Waals surface area contributed by atoms with Crippen molar-refractivity contribution in [3.8, 4) is 5.75 Å². The van der Waals surface area contributed by atoms with Crippen LogP contribution in [0.15, 0.2) is 41.8 Å². The lowest BCUT2D eigenvalue weighted by molar-refractivity contribution is -0.139. The molecule has 20 heavy (non-hydrogen) atoms. The summed E-state index contributed by atoms with van der Waals surface area (Å²) in [6.07, 6.45) is 0. The van der Waals surface area contributed by atoms with Crippen molar-refractivity contribution in [3.63, 3.8) is 0 Å². The van der Waals surface area contributed by atoms with Crippen LogP contribution in [-0.4, -0.2) is 24.1 Å². The molecule has 2 rings (SSSR count). The number of rotatable bonds is 5. The second-order valence-corrected chi connectivity index (χ2v) is 4.92. The number of aliphatic carboxylic acids is 1. The molecule has 2 aromatic rings. The lowest BCUT2D eigenvalue weighted by atomic mass is 10.1. The molecule has 1 aromatic heterocycles. The summed E-state index contributed by atoms with van der Waals surface area (Å²) in [5.41, 5.74) is 0.525. The van der Waals surface area contributed by atoms with Gasteiger partial charge >= 0.3 is 5.97 Å². The minimum Gasteiger partial charge on any atom is -0.496 e. The summed E-state index contributed by atoms with van der Waals surface area (Å²) in [6.45, 7) is 0. The quantitative estimate of drug-likeness (QED) is 0.886. The number of nitrogens with one attached hydrogen (secondary N) is 1. The molecule has 0 aliphatic rings. The number of ether oxygens (including phenoxy) is 1. The van der Waals surface area contributed by atoms with E-state index in [0.29, 0.717) is 16.2 Å². The number of carbonyl (C=O) groups excluding carboxylic acids is 1. The van der Waals surface area contributed by atoms with Crippen LogP contribution < -0.4 is 10.1 Å². The molecular weight excluding hydrogens is 278 g/mol. The number of benzene rings is 1. The van der Waals surface area contributed by atoms with E-state index in [1.165, 1.54) is 18.4 Å². The molecule has 0 bridgehead atoms. The van der Waals surface area contributed by atoms with Crippen LogP contribution in [0.2, 0.25) is 0 Å². The number of amides is 1. The van der Waals surface area contributed by atoms with Crippen LogP contribution in [0.5, 0.6) is 5.75 Å². The van der Waals surface area contributed by atoms with Crippen molar-refractivity contribution in [2.45, 2.75) is 6.04 Å². The lowest BCUT2D eigenvalue weighted by Crippen LogP contribution is -2.33. The third-order valence-corrected chi connectivity index (χ3v) is 3.60. The van der Waals surface area contributed by atoms with Crippen molar-refractivity contribution in [1.82, 2.24) is 5.32 Å². The van der Waals surface area contributed by atoms with Crippen LogP contribution in [-0.2, 0) is 4.79 Å². The van der Waals surface area contributed by atoms with E-state index in [2.05, 4.69) is 5.32 Å². The van der Waals surface area contributed by atoms with Gasteiger partial charge in [0.2, 0.25) is 0 Å². The highest BCUT2D eigenvalue weighted by Gasteiger charge is 2.23. The summed E-state index contributed by atoms with van der Waals surface area (Å²) in [5.74, 6) is -0.964. The van der Waals surface area contributed by atoms with Crippen molar-refractivity contribution in [1.29, 1.82) is 0 Å². The molecule has 1 amide bonds. The first-order valence-corrected chi connectivity index (χ1v) is 6.71. The lowest BCUT2D eigenvalue weighted by Gasteiger charge is -2.14. The van der Waals surface area contributed by atoms with Gasteiger partial charge in [-0.05, 0) is 5.56 Å². The fourth-order valence-corrected chi connectivity index (χ4v) is 2.44. The number of hydrogen-bond donors (Lipinski definition) is 2. The number of methoxy groups -OCH3 is 1. The Morgan fingerprint density at radius 3 is 2.55 bits per heavy atom. The molecular formula is C14H13NO4S. The molecule has 0 saturated heterocycles. The van der Waals surface area contributed by atoms with Crippen LogP contribution in [0.1, 0.15) is 21.3 Å². The van der Waals surface area contributed by atoms with Crippen molar-refractivity contribution in [3.05, 3.63) is 52.2 Å². The summed E-state index contributed by atoms with van der Waals surface area (Å²) < 4.78 is 5.00. The van der Waals surface area contributed by atoms with E-state index < -0.39 is 17.9 Å². The zero-order chi connectivity index (χ0) is 14.5. The van der Waals surface area contributed by atoms with E-state index in [9.17, 15) is 14.7 Å². The predicted molar refractivity (Wildman–Crippen MR) is 75.2 cm³/mol. The molecule has 6 heteroatoms. The van der Waals surface area contributed by atoms with Crippen LogP contribution >= 0.6 is 11.3 Å². The Bertz CT molecular complexity index is 609. The molecule has 104 valence electrons. The zero-order valence-electron chi connectivity index (χ0n) is 10.7. The number of carboxylic acid groups (broad SMARTS) is 1. The highest BCUT2D eigenvalue weighted by Crippen LogP contribution is 2.22. The first kappa shape index (κ1) is 14.1. The molecule has 0 aliphatic heterocycles. The second kappa shape index (κ2) is 6.21. The van der Waals surface area contributed by atoms with Crippen molar-refractivity contribution < 1.29 is 19.4 Å². The standard InChI is InChI=1S/C14H13NO4S/c1-19-10-7-11(20-8-10)13(16)15-12(14(17)18)9-5-3-2-4-6-9/h2-8,12H,1H3,(H,15,16)(H,17,18)/t12-/m1/s1. The average molecular weight is 291 g/mol. The zero-order valence-corrected chi connectivity index (χ0v) is 11.5. The predicted octanol–water partition coefficient (Wildman–Crippen LogP) is 2.31. The SMILES string of the molecule is COc1csc(C(=O)N[C@@H](C(=O)O)c2ccccc2)c1. The fourth-order valence-electron chi connectivity index (χ4n) is 1.68. The Balaban J connectivity index is 2.16. The Labute approximate surface area is 119 Å². The topological polar surface area (TPSA) is 75.6 Å². The molecule has 0 aliphatic carbocycles. The molecule has 0 saturated carbocycles. The Morgan fingerprint density at radius 2 is 2.00 bits per heavy atom. The molecule has 0 radical (unpaired) electrons. The summed E-state index contributed by atoms with van der Waals surface area (Å²) in [7, 11) is 1.51. The molecule has 2 N–H and O–H groups in total. The number of hydrogen-bond acceptors (Lipinski definition) is 4. The van der Waals surface area contributed by atoms with Gasteiger partial charge in [-0.2, -0.15) is 0 Å². The van der Waals surface area contributed by atoms with Crippen LogP contribution in [0.3, 0.4) is 0 Å². The largest absolute Gasteiger partial charge is 0.496 e. The third-order valence-electron chi connectivity index (χ3n) is 2.69. The average Bonchev–Trinajstić information content (AvgIpc) is 2.94. The number of carbonyl (C=O) groups is 2. The maximum atomic E-state index is 12.0. The van der Waals surface area contributed by atoms with Gasteiger partial charge in [0.1, 0.15) is 5.75 Å². The van der Waals surface area contributed by atoms with E-state index in [0.717, 1.165) is 0 Å². The first-order valence-electron chi connectivity index (χ1n) is 5.83. The van der Waals surface area contributed by atoms with Gasteiger partial charge in [0.05, 0.1) is 12.0 Å². The summed E-state index contributed by atoms with van der Waals surface area (Å²) in [5, 5.41) is 13.4. The Morgan fingerprint density at radius 1 is 1.30 bits per heavy atom. The highest BCUT2D eigenvalue weighted by molar-refractivity contribution is 7.12. The fraction of sp³-hybridized carbons (Fsp3) is 0.143. The summed E-state index contributed by atoms with van der Waals surface area (Å²) in [6, 6.07) is 9.06. The highest BCUT2D eigenvalue weighted by atomic mass is 32.1. The molecule has 1 atom stereocenters. The molecule has 1 aromatic carbocycles. The molecule has 1 heterocycles. The van der Waals surface area contributed by atoms with E-state index in [1.54, 1.807) is 41.8 Å².